The van der Waals surface area contributed by atoms with Gasteiger partial charge in [-0.2, -0.15) is 0 Å². The lowest BCUT2D eigenvalue weighted by Crippen LogP contribution is -2.24. The number of phenols is 1. The molecular formula is C46H32N2O11. The number of carbonyl (C=O) groups excluding carboxylic acids is 1. The Labute approximate surface area is 333 Å². The highest BCUT2D eigenvalue weighted by atomic mass is 16.5. The standard InChI is InChI=1S/C46H32N2O11/c1-22-4-9-29-37(16-22)58-38-19-25(48(2)3)7-12-30(38)41(29)33-17-23(5-11-28(33)45(54)55)43(51)47-21-35-36(50)15-14-32-40(31-13-8-26(49)20-39(31)59-42(32)35)27-10-6-24(44(52)53)18-34(27)46(56)57/h4-20,50H,1,21H2,2-3H3,(H,47,51)(H,52,53)(H,54,55)(H,56,57). The molecule has 0 bridgehead atoms. The molecule has 2 heterocycles. The molecule has 0 saturated carbocycles. The molecule has 292 valence electrons. The lowest BCUT2D eigenvalue weighted by atomic mass is 9.88. The largest absolute Gasteiger partial charge is 0.507 e. The molecular weight excluding hydrogens is 757 g/mol. The number of phenolic OH excluding ortho intramolecular Hbond substituents is 1. The van der Waals surface area contributed by atoms with Gasteiger partial charge in [0.2, 0.25) is 0 Å². The van der Waals surface area contributed by atoms with Crippen LogP contribution >= 0.6 is 0 Å². The third kappa shape index (κ3) is 6.65. The molecule has 5 N–H and O–H groups in total. The number of carboxylic acid groups (broad SMARTS) is 3. The summed E-state index contributed by atoms with van der Waals surface area (Å²) in [5, 5.41) is 45.6. The van der Waals surface area contributed by atoms with E-state index >= 15 is 0 Å². The summed E-state index contributed by atoms with van der Waals surface area (Å²) in [5.74, 6) is -3.89. The Balaban J connectivity index is 1.24. The first kappa shape index (κ1) is 37.7. The molecule has 0 spiro atoms. The van der Waals surface area contributed by atoms with Crippen LogP contribution in [0.3, 0.4) is 0 Å². The average Bonchev–Trinajstić information content (AvgIpc) is 3.20. The number of amides is 1. The third-order valence-electron chi connectivity index (χ3n) is 10.2. The fourth-order valence-corrected chi connectivity index (χ4v) is 7.35. The molecule has 5 aromatic rings. The quantitative estimate of drug-likeness (QED) is 0.105. The Morgan fingerprint density at radius 1 is 0.695 bits per heavy atom. The van der Waals surface area contributed by atoms with Crippen LogP contribution in [-0.4, -0.2) is 58.3 Å². The number of nitrogens with zero attached hydrogens (tertiary/aromatic N) is 1. The summed E-state index contributed by atoms with van der Waals surface area (Å²) < 4.78 is 12.5. The molecule has 0 aromatic heterocycles. The van der Waals surface area contributed by atoms with Crippen molar-refractivity contribution in [2.24, 2.45) is 0 Å². The van der Waals surface area contributed by atoms with Crippen LogP contribution in [0.2, 0.25) is 0 Å². The maximum atomic E-state index is 14.0. The molecule has 1 amide bonds. The maximum Gasteiger partial charge on any atom is 0.336 e. The molecule has 0 fully saturated rings. The molecule has 0 radical (unpaired) electrons. The summed E-state index contributed by atoms with van der Waals surface area (Å²) in [6.45, 7) is 3.68. The van der Waals surface area contributed by atoms with E-state index in [1.54, 1.807) is 18.2 Å². The second-order valence-electron chi connectivity index (χ2n) is 14.1. The van der Waals surface area contributed by atoms with Gasteiger partial charge in [-0.15, -0.1) is 0 Å². The fourth-order valence-electron chi connectivity index (χ4n) is 7.35. The predicted molar refractivity (Wildman–Crippen MR) is 218 cm³/mol. The minimum absolute atomic E-state index is 0.0202. The van der Waals surface area contributed by atoms with Crippen LogP contribution < -0.4 is 30.8 Å². The highest BCUT2D eigenvalue weighted by Crippen LogP contribution is 2.44. The predicted octanol–water partition coefficient (Wildman–Crippen LogP) is 6.12. The van der Waals surface area contributed by atoms with Crippen molar-refractivity contribution in [2.75, 3.05) is 19.0 Å². The monoisotopic (exact) mass is 788 g/mol. The minimum Gasteiger partial charge on any atom is -0.507 e. The number of aromatic hydroxyl groups is 1. The minimum atomic E-state index is -1.40. The van der Waals surface area contributed by atoms with E-state index in [0.717, 1.165) is 11.8 Å². The first-order valence-corrected chi connectivity index (χ1v) is 18.0. The van der Waals surface area contributed by atoms with Gasteiger partial charge in [0.05, 0.1) is 28.8 Å². The molecule has 2 aliphatic heterocycles. The van der Waals surface area contributed by atoms with Crippen molar-refractivity contribution in [3.8, 4) is 39.7 Å². The van der Waals surface area contributed by atoms with Gasteiger partial charge in [-0.3, -0.25) is 9.59 Å². The number of anilines is 1. The van der Waals surface area contributed by atoms with Crippen molar-refractivity contribution in [1.82, 2.24) is 5.32 Å². The van der Waals surface area contributed by atoms with Crippen molar-refractivity contribution in [3.05, 3.63) is 163 Å². The molecule has 5 aromatic carbocycles. The number of nitrogens with one attached hydrogen (secondary N) is 1. The van der Waals surface area contributed by atoms with Crippen LogP contribution in [0.25, 0.3) is 45.6 Å². The van der Waals surface area contributed by atoms with Gasteiger partial charge in [-0.1, -0.05) is 24.8 Å². The number of carbonyl (C=O) groups is 4. The number of hydrogen-bond donors (Lipinski definition) is 5. The first-order valence-electron chi connectivity index (χ1n) is 18.0. The zero-order chi connectivity index (χ0) is 41.9. The van der Waals surface area contributed by atoms with E-state index in [4.69, 9.17) is 9.15 Å². The van der Waals surface area contributed by atoms with E-state index in [1.165, 1.54) is 60.7 Å². The number of carboxylic acids is 3. The zero-order valence-corrected chi connectivity index (χ0v) is 31.3. The van der Waals surface area contributed by atoms with Gasteiger partial charge in [0.15, 0.2) is 5.43 Å². The molecule has 13 nitrogen and oxygen atoms in total. The van der Waals surface area contributed by atoms with E-state index in [-0.39, 0.29) is 68.1 Å². The summed E-state index contributed by atoms with van der Waals surface area (Å²) in [5.41, 5.74) is 2.11. The normalized spacial score (nSPS) is 11.7. The lowest BCUT2D eigenvalue weighted by Gasteiger charge is -2.24. The van der Waals surface area contributed by atoms with Crippen molar-refractivity contribution in [3.63, 3.8) is 0 Å². The van der Waals surface area contributed by atoms with Crippen molar-refractivity contribution in [2.45, 2.75) is 6.54 Å². The van der Waals surface area contributed by atoms with Gasteiger partial charge >= 0.3 is 17.9 Å². The number of aromatic carboxylic acids is 3. The Bertz CT molecular complexity index is 3130. The molecule has 59 heavy (non-hydrogen) atoms. The second kappa shape index (κ2) is 14.4. The number of hydrogen-bond acceptors (Lipinski definition) is 9. The Kier molecular flexibility index (Phi) is 9.20. The van der Waals surface area contributed by atoms with Crippen LogP contribution in [-0.2, 0) is 6.54 Å². The molecule has 0 saturated heterocycles. The van der Waals surface area contributed by atoms with Gasteiger partial charge in [-0.25, -0.2) is 14.4 Å². The Morgan fingerprint density at radius 3 is 2.15 bits per heavy atom. The molecule has 13 heteroatoms. The summed E-state index contributed by atoms with van der Waals surface area (Å²) >= 11 is 0. The van der Waals surface area contributed by atoms with E-state index in [2.05, 4.69) is 11.9 Å². The van der Waals surface area contributed by atoms with Gasteiger partial charge in [0.25, 0.3) is 5.91 Å². The summed E-state index contributed by atoms with van der Waals surface area (Å²) in [6.07, 6.45) is 0. The number of benzene rings is 6. The van der Waals surface area contributed by atoms with E-state index in [0.29, 0.717) is 44.0 Å². The van der Waals surface area contributed by atoms with Gasteiger partial charge in [0.1, 0.15) is 28.6 Å². The van der Waals surface area contributed by atoms with Gasteiger partial charge in [0, 0.05) is 70.3 Å². The molecule has 1 aliphatic carbocycles. The smallest absolute Gasteiger partial charge is 0.336 e. The first-order chi connectivity index (χ1) is 28.2. The van der Waals surface area contributed by atoms with E-state index < -0.39 is 29.2 Å². The summed E-state index contributed by atoms with van der Waals surface area (Å²) in [7, 11) is 3.77. The summed E-state index contributed by atoms with van der Waals surface area (Å²) in [6, 6.07) is 25.5. The second-order valence-corrected chi connectivity index (χ2v) is 14.1. The zero-order valence-electron chi connectivity index (χ0n) is 31.3. The third-order valence-corrected chi connectivity index (χ3v) is 10.2. The number of fused-ring (bicyclic) bond motifs is 4. The molecule has 8 rings (SSSR count). The number of ether oxygens (including phenoxy) is 1. The topological polar surface area (TPSA) is 204 Å². The molecule has 0 atom stereocenters. The van der Waals surface area contributed by atoms with Gasteiger partial charge < -0.3 is 39.8 Å². The summed E-state index contributed by atoms with van der Waals surface area (Å²) in [4.78, 5) is 65.4. The SMILES string of the molecule is C=c1ccc2c(c1)Oc1cc(N(C)C)ccc1C=2c1cc(C(=O)NCc2c(O)ccc3c(-c4ccc(C(=O)O)cc4C(=O)O)c4ccc(=O)cc-4oc23)ccc1C(=O)O. The van der Waals surface area contributed by atoms with Crippen molar-refractivity contribution in [1.29, 1.82) is 0 Å². The van der Waals surface area contributed by atoms with E-state index in [1.807, 2.05) is 37.2 Å². The fraction of sp³-hybridized carbons (Fsp3) is 0.0652. The van der Waals surface area contributed by atoms with E-state index in [9.17, 15) is 44.4 Å². The van der Waals surface area contributed by atoms with Crippen molar-refractivity contribution < 1.29 is 48.8 Å². The van der Waals surface area contributed by atoms with Crippen molar-refractivity contribution >= 4 is 52.6 Å². The molecule has 3 aliphatic rings. The lowest BCUT2D eigenvalue weighted by molar-refractivity contribution is 0.0682. The highest BCUT2D eigenvalue weighted by Gasteiger charge is 2.28. The van der Waals surface area contributed by atoms with Crippen LogP contribution in [0.1, 0.15) is 58.1 Å². The average molecular weight is 789 g/mol. The Hall–Kier alpha value is -8.19. The van der Waals surface area contributed by atoms with Crippen LogP contribution in [0, 0.1) is 0 Å². The van der Waals surface area contributed by atoms with Crippen LogP contribution in [0.4, 0.5) is 5.69 Å². The Morgan fingerprint density at radius 2 is 1.42 bits per heavy atom. The van der Waals surface area contributed by atoms with Crippen LogP contribution in [0.5, 0.6) is 17.2 Å². The van der Waals surface area contributed by atoms with Crippen LogP contribution in [0.15, 0.2) is 112 Å². The maximum absolute atomic E-state index is 14.0. The van der Waals surface area contributed by atoms with Gasteiger partial charge in [-0.05, 0) is 89.1 Å². The highest BCUT2D eigenvalue weighted by molar-refractivity contribution is 6.09. The molecule has 0 unspecified atom stereocenters. The number of rotatable bonds is 9.